The summed E-state index contributed by atoms with van der Waals surface area (Å²) >= 11 is 12.5. The van der Waals surface area contributed by atoms with E-state index in [4.69, 9.17) is 33.3 Å². The molecule has 6 heteroatoms. The van der Waals surface area contributed by atoms with Gasteiger partial charge in [0.2, 0.25) is 0 Å². The van der Waals surface area contributed by atoms with E-state index >= 15 is 0 Å². The second kappa shape index (κ2) is 6.59. The van der Waals surface area contributed by atoms with Gasteiger partial charge in [0.25, 0.3) is 0 Å². The van der Waals surface area contributed by atoms with Gasteiger partial charge in [-0.25, -0.2) is 4.52 Å². The van der Waals surface area contributed by atoms with Crippen molar-refractivity contribution >= 4 is 39.6 Å². The highest BCUT2D eigenvalue weighted by molar-refractivity contribution is 6.43. The summed E-state index contributed by atoms with van der Waals surface area (Å²) in [5.41, 5.74) is 6.32. The standard InChI is InChI=1S/C22H14Cl2N4/c1-13-5-4-6-18(26-13)22-21(20-7-2-3-10-28(20)27-22)14-8-9-25-19-12-17(24)16(23)11-15(14)19/h2-12H,1H3. The second-order valence-corrected chi connectivity index (χ2v) is 7.37. The van der Waals surface area contributed by atoms with Crippen molar-refractivity contribution in [3.05, 3.63) is 82.7 Å². The zero-order chi connectivity index (χ0) is 19.3. The molecule has 0 bridgehead atoms. The summed E-state index contributed by atoms with van der Waals surface area (Å²) in [6.45, 7) is 1.97. The molecule has 136 valence electrons. The van der Waals surface area contributed by atoms with Crippen molar-refractivity contribution in [2.45, 2.75) is 6.92 Å². The highest BCUT2D eigenvalue weighted by Gasteiger charge is 2.20. The van der Waals surface area contributed by atoms with Crippen molar-refractivity contribution in [1.82, 2.24) is 19.6 Å². The van der Waals surface area contributed by atoms with Gasteiger partial charge in [-0.15, -0.1) is 0 Å². The fourth-order valence-corrected chi connectivity index (χ4v) is 3.80. The molecule has 0 aliphatic rings. The molecular formula is C22H14Cl2N4. The van der Waals surface area contributed by atoms with E-state index in [1.165, 1.54) is 0 Å². The first kappa shape index (κ1) is 17.2. The highest BCUT2D eigenvalue weighted by atomic mass is 35.5. The average molecular weight is 405 g/mol. The summed E-state index contributed by atoms with van der Waals surface area (Å²) < 4.78 is 1.87. The van der Waals surface area contributed by atoms with Gasteiger partial charge < -0.3 is 0 Å². The lowest BCUT2D eigenvalue weighted by Gasteiger charge is -2.09. The van der Waals surface area contributed by atoms with Crippen LogP contribution in [0.3, 0.4) is 0 Å². The SMILES string of the molecule is Cc1cccc(-c2nn3ccccc3c2-c2ccnc3cc(Cl)c(Cl)cc23)n1. The topological polar surface area (TPSA) is 43.1 Å². The summed E-state index contributed by atoms with van der Waals surface area (Å²) in [7, 11) is 0. The highest BCUT2D eigenvalue weighted by Crippen LogP contribution is 2.39. The van der Waals surface area contributed by atoms with E-state index in [9.17, 15) is 0 Å². The molecule has 5 rings (SSSR count). The van der Waals surface area contributed by atoms with E-state index in [-0.39, 0.29) is 0 Å². The number of rotatable bonds is 2. The summed E-state index contributed by atoms with van der Waals surface area (Å²) in [5.74, 6) is 0. The molecule has 0 spiro atoms. The minimum absolute atomic E-state index is 0.485. The van der Waals surface area contributed by atoms with Crippen LogP contribution in [-0.2, 0) is 0 Å². The number of nitrogens with zero attached hydrogens (tertiary/aromatic N) is 4. The summed E-state index contributed by atoms with van der Waals surface area (Å²) in [6.07, 6.45) is 3.72. The van der Waals surface area contributed by atoms with Gasteiger partial charge in [-0.05, 0) is 55.0 Å². The summed E-state index contributed by atoms with van der Waals surface area (Å²) in [5, 5.41) is 6.72. The Hall–Kier alpha value is -2.95. The minimum Gasteiger partial charge on any atom is -0.256 e. The maximum Gasteiger partial charge on any atom is 0.120 e. The smallest absolute Gasteiger partial charge is 0.120 e. The van der Waals surface area contributed by atoms with Crippen molar-refractivity contribution in [2.75, 3.05) is 0 Å². The van der Waals surface area contributed by atoms with Crippen LogP contribution in [0.4, 0.5) is 0 Å². The van der Waals surface area contributed by atoms with Gasteiger partial charge in [0.15, 0.2) is 0 Å². The third kappa shape index (κ3) is 2.73. The lowest BCUT2D eigenvalue weighted by Crippen LogP contribution is -1.91. The maximum absolute atomic E-state index is 6.32. The van der Waals surface area contributed by atoms with Gasteiger partial charge >= 0.3 is 0 Å². The van der Waals surface area contributed by atoms with Gasteiger partial charge in [-0.3, -0.25) is 9.97 Å². The maximum atomic E-state index is 6.32. The van der Waals surface area contributed by atoms with Crippen LogP contribution in [0.15, 0.2) is 67.0 Å². The van der Waals surface area contributed by atoms with Crippen LogP contribution in [0.2, 0.25) is 10.0 Å². The molecule has 28 heavy (non-hydrogen) atoms. The lowest BCUT2D eigenvalue weighted by atomic mass is 9.98. The molecule has 0 N–H and O–H groups in total. The van der Waals surface area contributed by atoms with Crippen LogP contribution < -0.4 is 0 Å². The Morgan fingerprint density at radius 1 is 0.929 bits per heavy atom. The third-order valence-electron chi connectivity index (χ3n) is 4.72. The molecule has 0 unspecified atom stereocenters. The quantitative estimate of drug-likeness (QED) is 0.350. The monoisotopic (exact) mass is 404 g/mol. The Morgan fingerprint density at radius 2 is 1.79 bits per heavy atom. The molecule has 0 radical (unpaired) electrons. The molecule has 0 aliphatic heterocycles. The Morgan fingerprint density at radius 3 is 2.64 bits per heavy atom. The van der Waals surface area contributed by atoms with Crippen molar-refractivity contribution in [1.29, 1.82) is 0 Å². The molecule has 4 heterocycles. The Kier molecular flexibility index (Phi) is 4.04. The van der Waals surface area contributed by atoms with Gasteiger partial charge in [-0.2, -0.15) is 5.10 Å². The number of hydrogen-bond donors (Lipinski definition) is 0. The number of aryl methyl sites for hydroxylation is 1. The molecule has 0 atom stereocenters. The number of aromatic nitrogens is 4. The van der Waals surface area contributed by atoms with Crippen LogP contribution in [0.1, 0.15) is 5.69 Å². The fourth-order valence-electron chi connectivity index (χ4n) is 3.48. The number of halogens is 2. The minimum atomic E-state index is 0.485. The lowest BCUT2D eigenvalue weighted by molar-refractivity contribution is 0.961. The first-order valence-corrected chi connectivity index (χ1v) is 9.53. The fraction of sp³-hybridized carbons (Fsp3) is 0.0455. The first-order chi connectivity index (χ1) is 13.6. The molecule has 0 fully saturated rings. The zero-order valence-corrected chi connectivity index (χ0v) is 16.4. The van der Waals surface area contributed by atoms with E-state index in [2.05, 4.69) is 4.98 Å². The Bertz CT molecular complexity index is 1360. The van der Waals surface area contributed by atoms with E-state index < -0.39 is 0 Å². The van der Waals surface area contributed by atoms with Crippen LogP contribution in [0.5, 0.6) is 0 Å². The van der Waals surface area contributed by atoms with E-state index in [0.717, 1.165) is 44.6 Å². The molecule has 5 aromatic rings. The Labute approximate surface area is 171 Å². The normalized spacial score (nSPS) is 11.4. The van der Waals surface area contributed by atoms with Gasteiger partial charge in [0.1, 0.15) is 5.69 Å². The summed E-state index contributed by atoms with van der Waals surface area (Å²) in [4.78, 5) is 9.16. The number of pyridine rings is 3. The van der Waals surface area contributed by atoms with E-state index in [1.54, 1.807) is 12.3 Å². The first-order valence-electron chi connectivity index (χ1n) is 8.77. The largest absolute Gasteiger partial charge is 0.256 e. The number of fused-ring (bicyclic) bond motifs is 2. The van der Waals surface area contributed by atoms with Gasteiger partial charge in [-0.1, -0.05) is 35.3 Å². The van der Waals surface area contributed by atoms with Gasteiger partial charge in [0, 0.05) is 29.0 Å². The summed E-state index contributed by atoms with van der Waals surface area (Å²) in [6, 6.07) is 17.6. The Balaban J connectivity index is 1.91. The van der Waals surface area contributed by atoms with E-state index in [0.29, 0.717) is 10.0 Å². The van der Waals surface area contributed by atoms with Crippen molar-refractivity contribution in [2.24, 2.45) is 0 Å². The average Bonchev–Trinajstić information content (AvgIpc) is 3.08. The molecule has 1 aromatic carbocycles. The molecule has 0 saturated carbocycles. The van der Waals surface area contributed by atoms with Crippen molar-refractivity contribution in [3.8, 4) is 22.5 Å². The molecule has 4 aromatic heterocycles. The van der Waals surface area contributed by atoms with Crippen LogP contribution in [0.25, 0.3) is 38.9 Å². The van der Waals surface area contributed by atoms with Crippen LogP contribution in [0, 0.1) is 6.92 Å². The number of benzene rings is 1. The molecule has 0 saturated heterocycles. The molecule has 0 aliphatic carbocycles. The predicted molar refractivity (Wildman–Crippen MR) is 114 cm³/mol. The number of hydrogen-bond acceptors (Lipinski definition) is 3. The van der Waals surface area contributed by atoms with Gasteiger partial charge in [0.05, 0.1) is 26.8 Å². The molecule has 4 nitrogen and oxygen atoms in total. The van der Waals surface area contributed by atoms with E-state index in [1.807, 2.05) is 66.2 Å². The molecule has 0 amide bonds. The van der Waals surface area contributed by atoms with Crippen molar-refractivity contribution in [3.63, 3.8) is 0 Å². The second-order valence-electron chi connectivity index (χ2n) is 6.56. The van der Waals surface area contributed by atoms with Crippen molar-refractivity contribution < 1.29 is 0 Å². The zero-order valence-electron chi connectivity index (χ0n) is 14.9. The molecular weight excluding hydrogens is 391 g/mol. The van der Waals surface area contributed by atoms with Crippen LogP contribution in [-0.4, -0.2) is 19.6 Å². The predicted octanol–water partition coefficient (Wildman–Crippen LogP) is 6.23. The van der Waals surface area contributed by atoms with Crippen LogP contribution >= 0.6 is 23.2 Å². The third-order valence-corrected chi connectivity index (χ3v) is 5.45.